The van der Waals surface area contributed by atoms with Gasteiger partial charge in [0.05, 0.1) is 12.0 Å². The first-order chi connectivity index (χ1) is 14.9. The van der Waals surface area contributed by atoms with E-state index in [1.807, 2.05) is 45.0 Å². The first kappa shape index (κ1) is 20.8. The lowest BCUT2D eigenvalue weighted by atomic mass is 10.1. The Balaban J connectivity index is 1.98. The van der Waals surface area contributed by atoms with Crippen LogP contribution in [0.4, 0.5) is 4.39 Å². The van der Waals surface area contributed by atoms with Gasteiger partial charge in [0.15, 0.2) is 11.2 Å². The van der Waals surface area contributed by atoms with E-state index >= 15 is 0 Å². The Morgan fingerprint density at radius 1 is 1.06 bits per heavy atom. The van der Waals surface area contributed by atoms with E-state index in [1.54, 1.807) is 17.0 Å². The lowest BCUT2D eigenvalue weighted by molar-refractivity contribution is 0.491. The van der Waals surface area contributed by atoms with Crippen molar-refractivity contribution in [1.29, 1.82) is 0 Å². The molecule has 7 heteroatoms. The van der Waals surface area contributed by atoms with Crippen LogP contribution in [0.5, 0.6) is 0 Å². The number of hydrogen-bond acceptors (Lipinski definition) is 3. The topological polar surface area (TPSA) is 61.8 Å². The summed E-state index contributed by atoms with van der Waals surface area (Å²) < 4.78 is 18.3. The Labute approximate surface area is 179 Å². The number of benzene rings is 2. The number of aryl methyl sites for hydroxylation is 1. The minimum Gasteiger partial charge on any atom is -0.320 e. The smallest absolute Gasteiger partial charge is 0.320 e. The zero-order valence-electron chi connectivity index (χ0n) is 17.9. The highest BCUT2D eigenvalue weighted by atomic mass is 19.1. The summed E-state index contributed by atoms with van der Waals surface area (Å²) in [5.41, 5.74) is 2.17. The Hall–Kier alpha value is -3.48. The molecule has 2 aromatic carbocycles. The zero-order chi connectivity index (χ0) is 22.1. The molecule has 0 unspecified atom stereocenters. The number of aromatic nitrogens is 4. The zero-order valence-corrected chi connectivity index (χ0v) is 17.9. The first-order valence-corrected chi connectivity index (χ1v) is 10.4. The van der Waals surface area contributed by atoms with Crippen molar-refractivity contribution in [3.05, 3.63) is 92.6 Å². The second-order valence-corrected chi connectivity index (χ2v) is 8.21. The monoisotopic (exact) mass is 420 g/mol. The molecule has 0 N–H and O–H groups in total. The molecule has 2 aromatic heterocycles. The van der Waals surface area contributed by atoms with Gasteiger partial charge in [0, 0.05) is 13.1 Å². The fraction of sp³-hybridized carbons (Fsp3) is 0.292. The standard InChI is InChI=1S/C24H25FN4O2/c1-16(2)11-12-28-23(30)21-22(29(24(28)31)20-10-6-9-19(25)13-20)26-15-27(21)14-18-8-5-4-7-17(18)3/h4-10,13,15-16H,11-12,14H2,1-3H3. The molecule has 0 bridgehead atoms. The summed E-state index contributed by atoms with van der Waals surface area (Å²) in [7, 11) is 0. The minimum atomic E-state index is -0.509. The van der Waals surface area contributed by atoms with E-state index in [-0.39, 0.29) is 17.8 Å². The molecule has 31 heavy (non-hydrogen) atoms. The van der Waals surface area contributed by atoms with E-state index < -0.39 is 11.5 Å². The van der Waals surface area contributed by atoms with Crippen molar-refractivity contribution in [2.75, 3.05) is 0 Å². The SMILES string of the molecule is Cc1ccccc1Cn1cnc2c1c(=O)n(CCC(C)C)c(=O)n2-c1cccc(F)c1. The van der Waals surface area contributed by atoms with E-state index in [1.165, 1.54) is 27.3 Å². The summed E-state index contributed by atoms with van der Waals surface area (Å²) in [4.78, 5) is 31.1. The average molecular weight is 420 g/mol. The van der Waals surface area contributed by atoms with E-state index in [4.69, 9.17) is 0 Å². The second kappa shape index (κ2) is 8.34. The van der Waals surface area contributed by atoms with Gasteiger partial charge in [-0.05, 0) is 48.6 Å². The lowest BCUT2D eigenvalue weighted by Gasteiger charge is -2.14. The molecule has 0 saturated heterocycles. The van der Waals surface area contributed by atoms with Crippen molar-refractivity contribution in [3.63, 3.8) is 0 Å². The van der Waals surface area contributed by atoms with Crippen LogP contribution in [0.1, 0.15) is 31.4 Å². The molecule has 4 rings (SSSR count). The van der Waals surface area contributed by atoms with Gasteiger partial charge in [-0.15, -0.1) is 0 Å². The largest absolute Gasteiger partial charge is 0.337 e. The highest BCUT2D eigenvalue weighted by Crippen LogP contribution is 2.17. The summed E-state index contributed by atoms with van der Waals surface area (Å²) >= 11 is 0. The summed E-state index contributed by atoms with van der Waals surface area (Å²) in [6.07, 6.45) is 2.25. The highest BCUT2D eigenvalue weighted by molar-refractivity contribution is 5.72. The molecule has 0 saturated carbocycles. The molecule has 2 heterocycles. The van der Waals surface area contributed by atoms with Crippen LogP contribution < -0.4 is 11.2 Å². The number of fused-ring (bicyclic) bond motifs is 1. The summed E-state index contributed by atoms with van der Waals surface area (Å²) in [5, 5.41) is 0. The van der Waals surface area contributed by atoms with Crippen molar-refractivity contribution >= 4 is 11.2 Å². The van der Waals surface area contributed by atoms with Crippen LogP contribution in [0, 0.1) is 18.7 Å². The molecule has 0 amide bonds. The average Bonchev–Trinajstić information content (AvgIpc) is 3.13. The number of halogens is 1. The lowest BCUT2D eigenvalue weighted by Crippen LogP contribution is -2.40. The van der Waals surface area contributed by atoms with Crippen LogP contribution in [-0.2, 0) is 13.1 Å². The molecule has 6 nitrogen and oxygen atoms in total. The van der Waals surface area contributed by atoms with Gasteiger partial charge in [-0.1, -0.05) is 44.2 Å². The van der Waals surface area contributed by atoms with Gasteiger partial charge < -0.3 is 4.57 Å². The third-order valence-corrected chi connectivity index (χ3v) is 5.50. The molecular weight excluding hydrogens is 395 g/mol. The van der Waals surface area contributed by atoms with Gasteiger partial charge in [-0.2, -0.15) is 0 Å². The maximum atomic E-state index is 13.9. The van der Waals surface area contributed by atoms with Gasteiger partial charge in [-0.3, -0.25) is 9.36 Å². The van der Waals surface area contributed by atoms with Crippen LogP contribution in [0.25, 0.3) is 16.9 Å². The number of rotatable bonds is 6. The Morgan fingerprint density at radius 3 is 2.55 bits per heavy atom. The normalized spacial score (nSPS) is 11.5. The van der Waals surface area contributed by atoms with Crippen molar-refractivity contribution < 1.29 is 4.39 Å². The van der Waals surface area contributed by atoms with Crippen molar-refractivity contribution in [3.8, 4) is 5.69 Å². The van der Waals surface area contributed by atoms with Crippen LogP contribution in [0.15, 0.2) is 64.4 Å². The summed E-state index contributed by atoms with van der Waals surface area (Å²) in [5.74, 6) is -0.140. The van der Waals surface area contributed by atoms with Gasteiger partial charge in [0.1, 0.15) is 5.82 Å². The van der Waals surface area contributed by atoms with Crippen molar-refractivity contribution in [2.24, 2.45) is 5.92 Å². The van der Waals surface area contributed by atoms with Gasteiger partial charge in [-0.25, -0.2) is 18.7 Å². The molecule has 0 aliphatic rings. The van der Waals surface area contributed by atoms with E-state index in [0.29, 0.717) is 30.1 Å². The summed E-state index contributed by atoms with van der Waals surface area (Å²) in [6.45, 7) is 6.83. The molecule has 0 radical (unpaired) electrons. The predicted octanol–water partition coefficient (Wildman–Crippen LogP) is 3.89. The fourth-order valence-corrected chi connectivity index (χ4v) is 3.70. The maximum absolute atomic E-state index is 13.9. The molecule has 0 aliphatic carbocycles. The Morgan fingerprint density at radius 2 is 1.84 bits per heavy atom. The van der Waals surface area contributed by atoms with Crippen LogP contribution in [-0.4, -0.2) is 18.7 Å². The predicted molar refractivity (Wildman–Crippen MR) is 119 cm³/mol. The van der Waals surface area contributed by atoms with Crippen LogP contribution >= 0.6 is 0 Å². The van der Waals surface area contributed by atoms with Gasteiger partial charge in [0.2, 0.25) is 0 Å². The van der Waals surface area contributed by atoms with E-state index in [0.717, 1.165) is 11.1 Å². The summed E-state index contributed by atoms with van der Waals surface area (Å²) in [6, 6.07) is 13.7. The highest BCUT2D eigenvalue weighted by Gasteiger charge is 2.20. The van der Waals surface area contributed by atoms with Crippen molar-refractivity contribution in [2.45, 2.75) is 40.3 Å². The molecule has 0 atom stereocenters. The Kier molecular flexibility index (Phi) is 5.59. The van der Waals surface area contributed by atoms with Crippen LogP contribution in [0.3, 0.4) is 0 Å². The van der Waals surface area contributed by atoms with E-state index in [9.17, 15) is 14.0 Å². The molecule has 0 spiro atoms. The molecule has 4 aromatic rings. The third-order valence-electron chi connectivity index (χ3n) is 5.50. The molecule has 0 aliphatic heterocycles. The Bertz CT molecular complexity index is 1360. The minimum absolute atomic E-state index is 0.231. The van der Waals surface area contributed by atoms with E-state index in [2.05, 4.69) is 4.98 Å². The molecular formula is C24H25FN4O2. The molecule has 0 fully saturated rings. The van der Waals surface area contributed by atoms with Gasteiger partial charge >= 0.3 is 5.69 Å². The second-order valence-electron chi connectivity index (χ2n) is 8.21. The third kappa shape index (κ3) is 3.95. The number of nitrogens with zero attached hydrogens (tertiary/aromatic N) is 4. The van der Waals surface area contributed by atoms with Crippen LogP contribution in [0.2, 0.25) is 0 Å². The van der Waals surface area contributed by atoms with Gasteiger partial charge in [0.25, 0.3) is 5.56 Å². The number of hydrogen-bond donors (Lipinski definition) is 0. The maximum Gasteiger partial charge on any atom is 0.337 e. The first-order valence-electron chi connectivity index (χ1n) is 10.4. The molecule has 160 valence electrons. The quantitative estimate of drug-likeness (QED) is 0.475. The fourth-order valence-electron chi connectivity index (χ4n) is 3.70. The number of imidazole rings is 1. The van der Waals surface area contributed by atoms with Crippen molar-refractivity contribution in [1.82, 2.24) is 18.7 Å².